The molecule has 3 amide bonds. The first kappa shape index (κ1) is 21.9. The van der Waals surface area contributed by atoms with E-state index >= 15 is 0 Å². The van der Waals surface area contributed by atoms with Crippen LogP contribution in [0.1, 0.15) is 78.1 Å². The molecular formula is C25H37N3O4. The number of carbonyl (C=O) groups excluding carboxylic acids is 3. The topological polar surface area (TPSA) is 87.7 Å². The summed E-state index contributed by atoms with van der Waals surface area (Å²) in [5, 5.41) is 6.42. The van der Waals surface area contributed by atoms with Gasteiger partial charge in [0.2, 0.25) is 17.7 Å². The van der Waals surface area contributed by atoms with Crippen molar-refractivity contribution in [3.63, 3.8) is 0 Å². The van der Waals surface area contributed by atoms with Crippen LogP contribution >= 0.6 is 0 Å². The van der Waals surface area contributed by atoms with E-state index in [1.165, 1.54) is 12.8 Å². The van der Waals surface area contributed by atoms with Crippen molar-refractivity contribution < 1.29 is 19.1 Å². The minimum atomic E-state index is -1.04. The van der Waals surface area contributed by atoms with Gasteiger partial charge in [-0.05, 0) is 39.5 Å². The van der Waals surface area contributed by atoms with Gasteiger partial charge in [-0.15, -0.1) is 0 Å². The van der Waals surface area contributed by atoms with Crippen molar-refractivity contribution in [2.24, 2.45) is 11.8 Å². The molecule has 0 aromatic rings. The van der Waals surface area contributed by atoms with E-state index in [0.29, 0.717) is 0 Å². The molecule has 2 saturated heterocycles. The molecule has 0 aromatic carbocycles. The summed E-state index contributed by atoms with van der Waals surface area (Å²) < 4.78 is 6.39. The lowest BCUT2D eigenvalue weighted by atomic mass is 9.74. The number of hydrogen-bond donors (Lipinski definition) is 2. The second-order valence-electron chi connectivity index (χ2n) is 10.7. The van der Waals surface area contributed by atoms with Crippen LogP contribution in [0.4, 0.5) is 0 Å². The normalized spacial score (nSPS) is 37.2. The van der Waals surface area contributed by atoms with Crippen LogP contribution in [0.5, 0.6) is 0 Å². The van der Waals surface area contributed by atoms with Gasteiger partial charge in [-0.25, -0.2) is 0 Å². The van der Waals surface area contributed by atoms with Gasteiger partial charge >= 0.3 is 0 Å². The Kier molecular flexibility index (Phi) is 5.81. The zero-order valence-corrected chi connectivity index (χ0v) is 19.3. The standard InChI is InChI=1S/C25H37N3O4/c1-15(2)28-21(23(30)27-17-11-7-4-8-12-17)25-14-13-18(32-25)19(20(25)24(28)31)22(29)26-16-9-5-3-6-10-16/h13-21H,3-12H2,1-2H3,(H,26,29)(H,27,30)/t18-,19+,20-,21-,25-/m1/s1. The fourth-order valence-corrected chi connectivity index (χ4v) is 6.83. The molecule has 2 aliphatic carbocycles. The van der Waals surface area contributed by atoms with Gasteiger partial charge in [0.1, 0.15) is 11.6 Å². The number of likely N-dealkylation sites (tertiary alicyclic amines) is 1. The van der Waals surface area contributed by atoms with Crippen molar-refractivity contribution in [2.45, 2.75) is 114 Å². The first-order valence-corrected chi connectivity index (χ1v) is 12.7. The molecule has 2 bridgehead atoms. The highest BCUT2D eigenvalue weighted by atomic mass is 16.5. The van der Waals surface area contributed by atoms with E-state index in [0.717, 1.165) is 51.4 Å². The molecular weight excluding hydrogens is 406 g/mol. The lowest BCUT2D eigenvalue weighted by Crippen LogP contribution is -2.57. The van der Waals surface area contributed by atoms with Gasteiger partial charge < -0.3 is 20.3 Å². The predicted molar refractivity (Wildman–Crippen MR) is 120 cm³/mol. The number of amides is 3. The Balaban J connectivity index is 1.40. The van der Waals surface area contributed by atoms with Crippen LogP contribution in [0.15, 0.2) is 12.2 Å². The van der Waals surface area contributed by atoms with Crippen LogP contribution in [0, 0.1) is 11.8 Å². The molecule has 3 aliphatic heterocycles. The largest absolute Gasteiger partial charge is 0.359 e. The van der Waals surface area contributed by atoms with E-state index in [1.54, 1.807) is 4.90 Å². The Hall–Kier alpha value is -1.89. The molecule has 3 heterocycles. The molecule has 5 rings (SSSR count). The van der Waals surface area contributed by atoms with Crippen LogP contribution in [0.3, 0.4) is 0 Å². The Morgan fingerprint density at radius 1 is 0.969 bits per heavy atom. The number of nitrogens with zero attached hydrogens (tertiary/aromatic N) is 1. The van der Waals surface area contributed by atoms with Crippen molar-refractivity contribution in [3.8, 4) is 0 Å². The monoisotopic (exact) mass is 443 g/mol. The highest BCUT2D eigenvalue weighted by Crippen LogP contribution is 2.55. The molecule has 2 N–H and O–H groups in total. The Labute approximate surface area is 190 Å². The third kappa shape index (κ3) is 3.47. The van der Waals surface area contributed by atoms with Crippen molar-refractivity contribution in [2.75, 3.05) is 0 Å². The summed E-state index contributed by atoms with van der Waals surface area (Å²) in [5.74, 6) is -1.56. The number of rotatable bonds is 5. The third-order valence-electron chi connectivity index (χ3n) is 8.32. The average Bonchev–Trinajstić information content (AvgIpc) is 3.42. The van der Waals surface area contributed by atoms with Gasteiger partial charge in [0, 0.05) is 18.1 Å². The minimum Gasteiger partial charge on any atom is -0.359 e. The zero-order chi connectivity index (χ0) is 22.5. The first-order valence-electron chi connectivity index (χ1n) is 12.7. The van der Waals surface area contributed by atoms with Crippen LogP contribution in [0.2, 0.25) is 0 Å². The van der Waals surface area contributed by atoms with Crippen LogP contribution in [0.25, 0.3) is 0 Å². The summed E-state index contributed by atoms with van der Waals surface area (Å²) in [7, 11) is 0. The Morgan fingerprint density at radius 3 is 2.09 bits per heavy atom. The third-order valence-corrected chi connectivity index (χ3v) is 8.32. The number of ether oxygens (including phenoxy) is 1. The molecule has 0 unspecified atom stereocenters. The van der Waals surface area contributed by atoms with Crippen LogP contribution in [-0.2, 0) is 19.1 Å². The molecule has 0 aromatic heterocycles. The van der Waals surface area contributed by atoms with E-state index in [1.807, 2.05) is 26.0 Å². The van der Waals surface area contributed by atoms with Crippen molar-refractivity contribution in [3.05, 3.63) is 12.2 Å². The van der Waals surface area contributed by atoms with Gasteiger partial charge in [-0.2, -0.15) is 0 Å². The highest BCUT2D eigenvalue weighted by molar-refractivity contribution is 6.00. The Morgan fingerprint density at radius 2 is 1.53 bits per heavy atom. The van der Waals surface area contributed by atoms with Gasteiger partial charge in [-0.1, -0.05) is 50.7 Å². The highest BCUT2D eigenvalue weighted by Gasteiger charge is 2.73. The van der Waals surface area contributed by atoms with E-state index < -0.39 is 29.6 Å². The molecule has 5 atom stereocenters. The van der Waals surface area contributed by atoms with E-state index in [9.17, 15) is 14.4 Å². The summed E-state index contributed by atoms with van der Waals surface area (Å²) in [6, 6.07) is -0.541. The van der Waals surface area contributed by atoms with Crippen molar-refractivity contribution in [1.29, 1.82) is 0 Å². The molecule has 7 nitrogen and oxygen atoms in total. The maximum Gasteiger partial charge on any atom is 0.246 e. The fourth-order valence-electron chi connectivity index (χ4n) is 6.83. The molecule has 32 heavy (non-hydrogen) atoms. The zero-order valence-electron chi connectivity index (χ0n) is 19.3. The number of hydrogen-bond acceptors (Lipinski definition) is 4. The number of fused-ring (bicyclic) bond motifs is 1. The summed E-state index contributed by atoms with van der Waals surface area (Å²) in [6.45, 7) is 3.87. The molecule has 4 fully saturated rings. The SMILES string of the molecule is CC(C)N1C(=O)[C@H]2[C@@H](C(=O)NC3CCCCC3)[C@H]3C=C[C@]2(O3)[C@H]1C(=O)NC1CCCCC1. The smallest absolute Gasteiger partial charge is 0.246 e. The van der Waals surface area contributed by atoms with Crippen molar-refractivity contribution in [1.82, 2.24) is 15.5 Å². The fraction of sp³-hybridized carbons (Fsp3) is 0.800. The minimum absolute atomic E-state index is 0.0940. The molecule has 7 heteroatoms. The summed E-state index contributed by atoms with van der Waals surface area (Å²) in [6.07, 6.45) is 14.3. The van der Waals surface area contributed by atoms with Crippen molar-refractivity contribution >= 4 is 17.7 Å². The van der Waals surface area contributed by atoms with E-state index in [2.05, 4.69) is 10.6 Å². The van der Waals surface area contributed by atoms with Gasteiger partial charge in [0.25, 0.3) is 0 Å². The quantitative estimate of drug-likeness (QED) is 0.639. The number of nitrogens with one attached hydrogen (secondary N) is 2. The molecule has 0 radical (unpaired) electrons. The van der Waals surface area contributed by atoms with Gasteiger partial charge in [0.15, 0.2) is 0 Å². The molecule has 2 saturated carbocycles. The molecule has 176 valence electrons. The van der Waals surface area contributed by atoms with E-state index in [-0.39, 0.29) is 35.8 Å². The second-order valence-corrected chi connectivity index (χ2v) is 10.7. The summed E-state index contributed by atoms with van der Waals surface area (Å²) >= 11 is 0. The maximum absolute atomic E-state index is 13.7. The molecule has 5 aliphatic rings. The van der Waals surface area contributed by atoms with E-state index in [4.69, 9.17) is 4.74 Å². The average molecular weight is 444 g/mol. The number of carbonyl (C=O) groups is 3. The van der Waals surface area contributed by atoms with Gasteiger partial charge in [0.05, 0.1) is 17.9 Å². The lowest BCUT2D eigenvalue weighted by molar-refractivity contribution is -0.144. The lowest BCUT2D eigenvalue weighted by Gasteiger charge is -2.35. The van der Waals surface area contributed by atoms with Crippen LogP contribution in [-0.4, -0.2) is 58.5 Å². The van der Waals surface area contributed by atoms with Crippen LogP contribution < -0.4 is 10.6 Å². The molecule has 1 spiro atoms. The summed E-state index contributed by atoms with van der Waals surface area (Å²) in [4.78, 5) is 42.3. The second kappa shape index (κ2) is 8.47. The maximum atomic E-state index is 13.7. The summed E-state index contributed by atoms with van der Waals surface area (Å²) in [5.41, 5.74) is -1.04. The Bertz CT molecular complexity index is 799. The van der Waals surface area contributed by atoms with Gasteiger partial charge in [-0.3, -0.25) is 14.4 Å². The predicted octanol–water partition coefficient (Wildman–Crippen LogP) is 2.44. The first-order chi connectivity index (χ1) is 15.4.